The molecule has 0 bridgehead atoms. The number of halogens is 2. The van der Waals surface area contributed by atoms with Crippen molar-refractivity contribution in [3.63, 3.8) is 0 Å². The van der Waals surface area contributed by atoms with Crippen LogP contribution >= 0.6 is 0 Å². The lowest BCUT2D eigenvalue weighted by molar-refractivity contribution is 0.0690. The van der Waals surface area contributed by atoms with E-state index in [9.17, 15) is 13.6 Å². The van der Waals surface area contributed by atoms with Gasteiger partial charge in [-0.3, -0.25) is 0 Å². The largest absolute Gasteiger partial charge is 0.478 e. The van der Waals surface area contributed by atoms with E-state index in [1.807, 2.05) is 0 Å². The minimum absolute atomic E-state index is 0.0661. The van der Waals surface area contributed by atoms with Gasteiger partial charge in [0.15, 0.2) is 11.6 Å². The minimum atomic E-state index is -1.48. The van der Waals surface area contributed by atoms with Crippen LogP contribution in [-0.2, 0) is 6.54 Å². The Morgan fingerprint density at radius 3 is 2.62 bits per heavy atom. The van der Waals surface area contributed by atoms with E-state index in [-0.39, 0.29) is 11.7 Å². The molecule has 0 saturated heterocycles. The SMILES string of the molecule is O=C(O)c1ccc(N(Cc2ccco2)C2CC2)c(F)c1F. The highest BCUT2D eigenvalue weighted by molar-refractivity contribution is 5.88. The zero-order valence-corrected chi connectivity index (χ0v) is 11.1. The number of rotatable bonds is 5. The number of nitrogens with zero attached hydrogens (tertiary/aromatic N) is 1. The number of carbonyl (C=O) groups is 1. The van der Waals surface area contributed by atoms with Crippen molar-refractivity contribution in [1.29, 1.82) is 0 Å². The van der Waals surface area contributed by atoms with Crippen LogP contribution in [0.3, 0.4) is 0 Å². The lowest BCUT2D eigenvalue weighted by Gasteiger charge is -2.24. The molecule has 0 spiro atoms. The summed E-state index contributed by atoms with van der Waals surface area (Å²) in [5.74, 6) is -3.30. The Hall–Kier alpha value is -2.37. The van der Waals surface area contributed by atoms with Gasteiger partial charge in [-0.25, -0.2) is 13.6 Å². The highest BCUT2D eigenvalue weighted by atomic mass is 19.2. The number of carboxylic acid groups (broad SMARTS) is 1. The number of benzene rings is 1. The molecule has 3 rings (SSSR count). The van der Waals surface area contributed by atoms with Crippen LogP contribution in [-0.4, -0.2) is 17.1 Å². The molecule has 1 saturated carbocycles. The third-order valence-electron chi connectivity index (χ3n) is 3.50. The first kappa shape index (κ1) is 13.6. The normalized spacial score (nSPS) is 14.2. The van der Waals surface area contributed by atoms with Gasteiger partial charge in [0.2, 0.25) is 0 Å². The summed E-state index contributed by atoms with van der Waals surface area (Å²) in [4.78, 5) is 12.5. The smallest absolute Gasteiger partial charge is 0.338 e. The first-order valence-corrected chi connectivity index (χ1v) is 6.58. The van der Waals surface area contributed by atoms with E-state index in [4.69, 9.17) is 9.52 Å². The van der Waals surface area contributed by atoms with Gasteiger partial charge in [-0.1, -0.05) is 0 Å². The zero-order valence-electron chi connectivity index (χ0n) is 11.1. The van der Waals surface area contributed by atoms with Crippen LogP contribution in [0.15, 0.2) is 34.9 Å². The van der Waals surface area contributed by atoms with Crippen LogP contribution in [0.1, 0.15) is 29.0 Å². The highest BCUT2D eigenvalue weighted by Gasteiger charge is 2.33. The topological polar surface area (TPSA) is 53.7 Å². The summed E-state index contributed by atoms with van der Waals surface area (Å²) in [5, 5.41) is 8.81. The summed E-state index contributed by atoms with van der Waals surface area (Å²) in [6, 6.07) is 6.01. The van der Waals surface area contributed by atoms with Crippen molar-refractivity contribution in [2.75, 3.05) is 4.90 Å². The molecule has 1 aromatic heterocycles. The molecule has 0 unspecified atom stereocenters. The Morgan fingerprint density at radius 1 is 1.29 bits per heavy atom. The lowest BCUT2D eigenvalue weighted by Crippen LogP contribution is -2.26. The molecule has 1 aliphatic carbocycles. The van der Waals surface area contributed by atoms with E-state index in [1.165, 1.54) is 12.3 Å². The first-order chi connectivity index (χ1) is 10.1. The summed E-state index contributed by atoms with van der Waals surface area (Å²) in [7, 11) is 0. The maximum Gasteiger partial charge on any atom is 0.338 e. The van der Waals surface area contributed by atoms with Crippen molar-refractivity contribution in [3.05, 3.63) is 53.5 Å². The molecule has 0 aliphatic heterocycles. The van der Waals surface area contributed by atoms with Gasteiger partial charge in [-0.2, -0.15) is 0 Å². The van der Waals surface area contributed by atoms with Gasteiger partial charge in [-0.15, -0.1) is 0 Å². The molecule has 1 heterocycles. The van der Waals surface area contributed by atoms with E-state index in [2.05, 4.69) is 0 Å². The molecular formula is C15H13F2NO3. The molecule has 2 aromatic rings. The van der Waals surface area contributed by atoms with Crippen LogP contribution in [0.5, 0.6) is 0 Å². The van der Waals surface area contributed by atoms with Crippen molar-refractivity contribution in [2.24, 2.45) is 0 Å². The lowest BCUT2D eigenvalue weighted by atomic mass is 10.1. The van der Waals surface area contributed by atoms with Crippen molar-refractivity contribution in [1.82, 2.24) is 0 Å². The van der Waals surface area contributed by atoms with Crippen molar-refractivity contribution >= 4 is 11.7 Å². The summed E-state index contributed by atoms with van der Waals surface area (Å²) in [5.41, 5.74) is -0.596. The van der Waals surface area contributed by atoms with Crippen molar-refractivity contribution in [3.8, 4) is 0 Å². The fourth-order valence-electron chi connectivity index (χ4n) is 2.29. The molecule has 0 amide bonds. The van der Waals surface area contributed by atoms with E-state index in [0.717, 1.165) is 18.9 Å². The number of carboxylic acids is 1. The predicted octanol–water partition coefficient (Wildman–Crippen LogP) is 3.43. The van der Waals surface area contributed by atoms with Gasteiger partial charge in [-0.05, 0) is 37.1 Å². The summed E-state index contributed by atoms with van der Waals surface area (Å²) in [6.07, 6.45) is 3.30. The second-order valence-corrected chi connectivity index (χ2v) is 5.00. The molecule has 4 nitrogen and oxygen atoms in total. The van der Waals surface area contributed by atoms with Crippen LogP contribution in [0.4, 0.5) is 14.5 Å². The molecule has 6 heteroatoms. The van der Waals surface area contributed by atoms with Crippen LogP contribution in [0.2, 0.25) is 0 Å². The third kappa shape index (κ3) is 2.61. The fraction of sp³-hybridized carbons (Fsp3) is 0.267. The second-order valence-electron chi connectivity index (χ2n) is 5.00. The van der Waals surface area contributed by atoms with Gasteiger partial charge in [0, 0.05) is 6.04 Å². The van der Waals surface area contributed by atoms with Crippen LogP contribution in [0.25, 0.3) is 0 Å². The van der Waals surface area contributed by atoms with Gasteiger partial charge in [0.1, 0.15) is 5.76 Å². The molecular weight excluding hydrogens is 280 g/mol. The molecule has 1 aliphatic rings. The second kappa shape index (κ2) is 5.20. The molecule has 21 heavy (non-hydrogen) atoms. The Labute approximate surface area is 119 Å². The van der Waals surface area contributed by atoms with Gasteiger partial charge in [0.25, 0.3) is 0 Å². The monoisotopic (exact) mass is 293 g/mol. The first-order valence-electron chi connectivity index (χ1n) is 6.58. The maximum atomic E-state index is 14.2. The summed E-state index contributed by atoms with van der Waals surface area (Å²) >= 11 is 0. The number of anilines is 1. The molecule has 1 aromatic carbocycles. The van der Waals surface area contributed by atoms with Gasteiger partial charge in [0.05, 0.1) is 24.1 Å². The number of hydrogen-bond donors (Lipinski definition) is 1. The van der Waals surface area contributed by atoms with E-state index in [1.54, 1.807) is 17.0 Å². The van der Waals surface area contributed by atoms with E-state index < -0.39 is 23.2 Å². The highest BCUT2D eigenvalue weighted by Crippen LogP contribution is 2.35. The average Bonchev–Trinajstić information content (AvgIpc) is 3.16. The molecule has 0 radical (unpaired) electrons. The van der Waals surface area contributed by atoms with Crippen molar-refractivity contribution < 1.29 is 23.1 Å². The summed E-state index contributed by atoms with van der Waals surface area (Å²) in [6.45, 7) is 0.320. The Bertz CT molecular complexity index is 666. The van der Waals surface area contributed by atoms with E-state index in [0.29, 0.717) is 12.3 Å². The maximum absolute atomic E-state index is 14.2. The quantitative estimate of drug-likeness (QED) is 0.917. The van der Waals surface area contributed by atoms with Gasteiger partial charge < -0.3 is 14.4 Å². The Morgan fingerprint density at radius 2 is 2.05 bits per heavy atom. The minimum Gasteiger partial charge on any atom is -0.478 e. The number of hydrogen-bond acceptors (Lipinski definition) is 3. The molecule has 110 valence electrons. The van der Waals surface area contributed by atoms with Crippen molar-refractivity contribution in [2.45, 2.75) is 25.4 Å². The summed E-state index contributed by atoms with van der Waals surface area (Å²) < 4.78 is 33.3. The van der Waals surface area contributed by atoms with Gasteiger partial charge >= 0.3 is 5.97 Å². The molecule has 0 atom stereocenters. The zero-order chi connectivity index (χ0) is 15.0. The number of aromatic carboxylic acids is 1. The predicted molar refractivity (Wildman–Crippen MR) is 71.2 cm³/mol. The van der Waals surface area contributed by atoms with Crippen LogP contribution < -0.4 is 4.90 Å². The van der Waals surface area contributed by atoms with E-state index >= 15 is 0 Å². The standard InChI is InChI=1S/C15H13F2NO3/c16-13-11(15(19)20)5-6-12(14(13)17)18(9-3-4-9)8-10-2-1-7-21-10/h1-2,5-7,9H,3-4,8H2,(H,19,20). The fourth-order valence-corrected chi connectivity index (χ4v) is 2.29. The third-order valence-corrected chi connectivity index (χ3v) is 3.50. The Kier molecular flexibility index (Phi) is 3.37. The Balaban J connectivity index is 1.96. The molecule has 1 N–H and O–H groups in total. The van der Waals surface area contributed by atoms with Crippen LogP contribution in [0, 0.1) is 11.6 Å². The molecule has 1 fully saturated rings. The number of furan rings is 1. The average molecular weight is 293 g/mol.